The number of ether oxygens (including phenoxy) is 1. The fourth-order valence-corrected chi connectivity index (χ4v) is 0.862. The minimum Gasteiger partial charge on any atom is -0.481 e. The zero-order chi connectivity index (χ0) is 10.6. The molecule has 6 nitrogen and oxygen atoms in total. The van der Waals surface area contributed by atoms with Crippen LogP contribution in [0.2, 0.25) is 0 Å². The van der Waals surface area contributed by atoms with Crippen molar-refractivity contribution in [3.05, 3.63) is 0 Å². The van der Waals surface area contributed by atoms with E-state index in [2.05, 4.69) is 17.4 Å². The van der Waals surface area contributed by atoms with Gasteiger partial charge in [0.25, 0.3) is 4.93 Å². The third kappa shape index (κ3) is 3.79. The number of aliphatic carboxylic acids is 2. The van der Waals surface area contributed by atoms with Crippen LogP contribution >= 0.6 is 12.6 Å². The molecule has 0 aliphatic heterocycles. The Balaban J connectivity index is 4.62. The van der Waals surface area contributed by atoms with Gasteiger partial charge in [0.2, 0.25) is 0 Å². The number of esters is 1. The van der Waals surface area contributed by atoms with E-state index in [0.717, 1.165) is 6.92 Å². The third-order valence-corrected chi connectivity index (χ3v) is 1.48. The summed E-state index contributed by atoms with van der Waals surface area (Å²) in [7, 11) is 0. The Kier molecular flexibility index (Phi) is 3.73. The van der Waals surface area contributed by atoms with Gasteiger partial charge in [-0.25, -0.2) is 4.79 Å². The molecule has 0 aromatic heterocycles. The van der Waals surface area contributed by atoms with Crippen molar-refractivity contribution in [2.75, 3.05) is 0 Å². The Morgan fingerprint density at radius 3 is 2.08 bits per heavy atom. The van der Waals surface area contributed by atoms with E-state index in [1.54, 1.807) is 0 Å². The highest BCUT2D eigenvalue weighted by Gasteiger charge is 2.40. The van der Waals surface area contributed by atoms with E-state index in [1.165, 1.54) is 0 Å². The molecule has 74 valence electrons. The summed E-state index contributed by atoms with van der Waals surface area (Å²) in [6.45, 7) is 0.968. The van der Waals surface area contributed by atoms with Gasteiger partial charge in [0.05, 0.1) is 0 Å². The summed E-state index contributed by atoms with van der Waals surface area (Å²) in [5, 5.41) is 16.8. The Morgan fingerprint density at radius 2 is 1.85 bits per heavy atom. The molecule has 0 saturated carbocycles. The highest BCUT2D eigenvalue weighted by Crippen LogP contribution is 2.21. The van der Waals surface area contributed by atoms with Crippen LogP contribution in [0.4, 0.5) is 0 Å². The largest absolute Gasteiger partial charge is 0.481 e. The van der Waals surface area contributed by atoms with Gasteiger partial charge in [-0.1, -0.05) is 0 Å². The zero-order valence-corrected chi connectivity index (χ0v) is 7.58. The first-order chi connectivity index (χ1) is 5.78. The molecule has 0 aliphatic carbocycles. The second-order valence-electron chi connectivity index (χ2n) is 2.25. The fourth-order valence-electron chi connectivity index (χ4n) is 0.598. The summed E-state index contributed by atoms with van der Waals surface area (Å²) in [6.07, 6.45) is -0.898. The third-order valence-electron chi connectivity index (χ3n) is 1.04. The van der Waals surface area contributed by atoms with Crippen molar-refractivity contribution < 1.29 is 29.3 Å². The second kappa shape index (κ2) is 4.13. The lowest BCUT2D eigenvalue weighted by Crippen LogP contribution is -2.39. The number of carbonyl (C=O) groups is 3. The molecule has 0 amide bonds. The fraction of sp³-hybridized carbons (Fsp3) is 0.500. The van der Waals surface area contributed by atoms with Gasteiger partial charge in [0.1, 0.15) is 6.42 Å². The molecular weight excluding hydrogens is 200 g/mol. The zero-order valence-electron chi connectivity index (χ0n) is 6.68. The van der Waals surface area contributed by atoms with E-state index in [-0.39, 0.29) is 0 Å². The maximum Gasteiger partial charge on any atom is 0.359 e. The molecule has 0 spiro atoms. The van der Waals surface area contributed by atoms with Gasteiger partial charge in [-0.15, -0.1) is 12.6 Å². The van der Waals surface area contributed by atoms with Crippen LogP contribution < -0.4 is 0 Å². The van der Waals surface area contributed by atoms with E-state index in [9.17, 15) is 14.4 Å². The van der Waals surface area contributed by atoms with Crippen molar-refractivity contribution in [3.63, 3.8) is 0 Å². The number of carboxylic acid groups (broad SMARTS) is 2. The lowest BCUT2D eigenvalue weighted by atomic mass is 10.2. The monoisotopic (exact) mass is 208 g/mol. The summed E-state index contributed by atoms with van der Waals surface area (Å²) < 4.78 is 4.25. The molecule has 0 bridgehead atoms. The number of hydrogen-bond donors (Lipinski definition) is 3. The highest BCUT2D eigenvalue weighted by atomic mass is 32.1. The number of rotatable bonds is 4. The average Bonchev–Trinajstić information content (AvgIpc) is 1.82. The number of hydrogen-bond acceptors (Lipinski definition) is 5. The Hall–Kier alpha value is -1.24. The van der Waals surface area contributed by atoms with Crippen molar-refractivity contribution in [3.8, 4) is 0 Å². The summed E-state index contributed by atoms with van der Waals surface area (Å²) in [6, 6.07) is 0. The van der Waals surface area contributed by atoms with E-state index < -0.39 is 29.3 Å². The minimum absolute atomic E-state index is 0.898. The molecule has 0 rings (SSSR count). The van der Waals surface area contributed by atoms with Crippen LogP contribution in [0.1, 0.15) is 13.3 Å². The number of thiol groups is 1. The smallest absolute Gasteiger partial charge is 0.359 e. The van der Waals surface area contributed by atoms with Crippen LogP contribution in [-0.4, -0.2) is 33.1 Å². The van der Waals surface area contributed by atoms with Crippen LogP contribution in [0.3, 0.4) is 0 Å². The molecule has 0 fully saturated rings. The van der Waals surface area contributed by atoms with Gasteiger partial charge in [-0.05, 0) is 0 Å². The van der Waals surface area contributed by atoms with Crippen LogP contribution in [0.5, 0.6) is 0 Å². The number of carboxylic acids is 2. The Labute approximate surface area is 78.9 Å². The minimum atomic E-state index is -2.29. The van der Waals surface area contributed by atoms with Crippen LogP contribution in [0, 0.1) is 0 Å². The van der Waals surface area contributed by atoms with Gasteiger partial charge in [0.15, 0.2) is 0 Å². The first-order valence-corrected chi connectivity index (χ1v) is 3.60. The molecule has 1 atom stereocenters. The summed E-state index contributed by atoms with van der Waals surface area (Å²) in [4.78, 5) is 28.8. The van der Waals surface area contributed by atoms with E-state index in [1.807, 2.05) is 0 Å². The lowest BCUT2D eigenvalue weighted by molar-refractivity contribution is -0.169. The molecular formula is C6H8O6S. The Morgan fingerprint density at radius 1 is 1.38 bits per heavy atom. The van der Waals surface area contributed by atoms with Crippen molar-refractivity contribution in [1.29, 1.82) is 0 Å². The molecule has 0 radical (unpaired) electrons. The molecule has 0 aromatic rings. The van der Waals surface area contributed by atoms with Gasteiger partial charge in [-0.2, -0.15) is 0 Å². The first kappa shape index (κ1) is 11.8. The summed E-state index contributed by atoms with van der Waals surface area (Å²) >= 11 is 3.47. The predicted molar refractivity (Wildman–Crippen MR) is 43.4 cm³/mol. The SMILES string of the molecule is CC(=O)OC(S)(CC(=O)O)C(=O)O. The van der Waals surface area contributed by atoms with Crippen LogP contribution in [0.15, 0.2) is 0 Å². The van der Waals surface area contributed by atoms with Gasteiger partial charge >= 0.3 is 17.9 Å². The van der Waals surface area contributed by atoms with Gasteiger partial charge in [0, 0.05) is 6.92 Å². The van der Waals surface area contributed by atoms with Crippen molar-refractivity contribution >= 4 is 30.5 Å². The first-order valence-electron chi connectivity index (χ1n) is 3.15. The maximum absolute atomic E-state index is 10.5. The summed E-state index contributed by atoms with van der Waals surface area (Å²) in [5.74, 6) is -3.94. The van der Waals surface area contributed by atoms with Crippen molar-refractivity contribution in [1.82, 2.24) is 0 Å². The highest BCUT2D eigenvalue weighted by molar-refractivity contribution is 7.82. The average molecular weight is 208 g/mol. The molecule has 0 aliphatic rings. The molecule has 1 unspecified atom stereocenters. The van der Waals surface area contributed by atoms with E-state index in [0.29, 0.717) is 0 Å². The quantitative estimate of drug-likeness (QED) is 0.334. The molecule has 0 saturated heterocycles. The molecule has 0 heterocycles. The van der Waals surface area contributed by atoms with Crippen molar-refractivity contribution in [2.24, 2.45) is 0 Å². The van der Waals surface area contributed by atoms with Crippen LogP contribution in [0.25, 0.3) is 0 Å². The lowest BCUT2D eigenvalue weighted by Gasteiger charge is -2.20. The summed E-state index contributed by atoms with van der Waals surface area (Å²) in [5.41, 5.74) is 0. The van der Waals surface area contributed by atoms with Crippen molar-refractivity contribution in [2.45, 2.75) is 18.3 Å². The number of carbonyl (C=O) groups excluding carboxylic acids is 1. The topological polar surface area (TPSA) is 101 Å². The predicted octanol–water partition coefficient (Wildman–Crippen LogP) is -0.265. The van der Waals surface area contributed by atoms with Gasteiger partial charge in [-0.3, -0.25) is 9.59 Å². The molecule has 2 N–H and O–H groups in total. The molecule has 7 heteroatoms. The normalized spacial score (nSPS) is 14.3. The standard InChI is InChI=1S/C6H8O6S/c1-3(7)12-6(13,5(10)11)2-4(8)9/h13H,2H2,1H3,(H,8,9)(H,10,11). The molecule has 13 heavy (non-hydrogen) atoms. The van der Waals surface area contributed by atoms with Crippen LogP contribution in [-0.2, 0) is 19.1 Å². The van der Waals surface area contributed by atoms with E-state index in [4.69, 9.17) is 10.2 Å². The molecule has 0 aromatic carbocycles. The maximum atomic E-state index is 10.5. The second-order valence-corrected chi connectivity index (χ2v) is 2.98. The van der Waals surface area contributed by atoms with E-state index >= 15 is 0 Å². The Bertz CT molecular complexity index is 232. The van der Waals surface area contributed by atoms with Gasteiger partial charge < -0.3 is 14.9 Å².